The van der Waals surface area contributed by atoms with E-state index < -0.39 is 0 Å². The average molecular weight is 278 g/mol. The van der Waals surface area contributed by atoms with Gasteiger partial charge >= 0.3 is 5.97 Å². The molecule has 5 nitrogen and oxygen atoms in total. The molecule has 3 rings (SSSR count). The molecule has 0 aromatic heterocycles. The Kier molecular flexibility index (Phi) is 3.74. The van der Waals surface area contributed by atoms with Crippen molar-refractivity contribution in [2.45, 2.75) is 36.9 Å². The standard InChI is InChI=1S/C15H18O5/c1-17-12(9-6-4-3-5-7-9)15-14(18-2)13-10(19-15)8-11(16)20-13/h3-7,10,12-15H,8H2,1-2H3/t10-,12-,13+,14-,15-/m1/s1. The van der Waals surface area contributed by atoms with Gasteiger partial charge in [0, 0.05) is 14.2 Å². The zero-order valence-corrected chi connectivity index (χ0v) is 11.5. The van der Waals surface area contributed by atoms with Crippen LogP contribution in [0, 0.1) is 0 Å². The topological polar surface area (TPSA) is 54.0 Å². The minimum absolute atomic E-state index is 0.228. The minimum atomic E-state index is -0.334. The number of carbonyl (C=O) groups excluding carboxylic acids is 1. The predicted octanol–water partition coefficient (Wildman–Crippen LogP) is 1.47. The Labute approximate surface area is 117 Å². The Morgan fingerprint density at radius 1 is 1.25 bits per heavy atom. The van der Waals surface area contributed by atoms with Gasteiger partial charge in [-0.05, 0) is 5.56 Å². The van der Waals surface area contributed by atoms with E-state index in [0.29, 0.717) is 0 Å². The van der Waals surface area contributed by atoms with Crippen molar-refractivity contribution in [2.24, 2.45) is 0 Å². The largest absolute Gasteiger partial charge is 0.457 e. The Morgan fingerprint density at radius 2 is 2.00 bits per heavy atom. The molecule has 2 heterocycles. The highest BCUT2D eigenvalue weighted by molar-refractivity contribution is 5.73. The van der Waals surface area contributed by atoms with Crippen LogP contribution >= 0.6 is 0 Å². The summed E-state index contributed by atoms with van der Waals surface area (Å²) in [5.74, 6) is -0.228. The molecule has 5 heteroatoms. The van der Waals surface area contributed by atoms with E-state index in [1.807, 2.05) is 30.3 Å². The van der Waals surface area contributed by atoms with Crippen LogP contribution in [0.25, 0.3) is 0 Å². The van der Waals surface area contributed by atoms with Gasteiger partial charge in [0.1, 0.15) is 24.4 Å². The maximum Gasteiger partial charge on any atom is 0.309 e. The van der Waals surface area contributed by atoms with Gasteiger partial charge in [-0.25, -0.2) is 0 Å². The van der Waals surface area contributed by atoms with Crippen molar-refractivity contribution < 1.29 is 23.7 Å². The third kappa shape index (κ3) is 2.22. The number of esters is 1. The molecule has 0 unspecified atom stereocenters. The highest BCUT2D eigenvalue weighted by atomic mass is 16.6. The van der Waals surface area contributed by atoms with E-state index in [2.05, 4.69) is 0 Å². The quantitative estimate of drug-likeness (QED) is 0.781. The summed E-state index contributed by atoms with van der Waals surface area (Å²) in [5.41, 5.74) is 1.02. The molecule has 5 atom stereocenters. The summed E-state index contributed by atoms with van der Waals surface area (Å²) in [7, 11) is 3.25. The fourth-order valence-corrected chi connectivity index (χ4v) is 3.04. The molecule has 0 radical (unpaired) electrons. The van der Waals surface area contributed by atoms with Gasteiger partial charge in [-0.2, -0.15) is 0 Å². The van der Waals surface area contributed by atoms with Crippen molar-refractivity contribution in [3.8, 4) is 0 Å². The van der Waals surface area contributed by atoms with Gasteiger partial charge in [-0.3, -0.25) is 4.79 Å². The fraction of sp³-hybridized carbons (Fsp3) is 0.533. The first-order valence-electron chi connectivity index (χ1n) is 6.70. The summed E-state index contributed by atoms with van der Waals surface area (Å²) in [6, 6.07) is 9.85. The molecule has 2 fully saturated rings. The molecule has 1 aromatic carbocycles. The lowest BCUT2D eigenvalue weighted by atomic mass is 9.98. The summed E-state index contributed by atoms with van der Waals surface area (Å²) in [6.45, 7) is 0. The van der Waals surface area contributed by atoms with Crippen LogP contribution in [-0.4, -0.2) is 44.6 Å². The van der Waals surface area contributed by atoms with E-state index in [1.54, 1.807) is 14.2 Å². The first-order chi connectivity index (χ1) is 9.74. The Balaban J connectivity index is 1.84. The first kappa shape index (κ1) is 13.5. The lowest BCUT2D eigenvalue weighted by molar-refractivity contribution is -0.149. The SMILES string of the molecule is CO[C@@H]1[C@H]2OC(=O)C[C@H]2O[C@@H]1[C@H](OC)c1ccccc1. The highest BCUT2D eigenvalue weighted by Crippen LogP contribution is 2.39. The molecule has 0 aliphatic carbocycles. The Morgan fingerprint density at radius 3 is 2.65 bits per heavy atom. The zero-order chi connectivity index (χ0) is 14.1. The molecule has 2 aliphatic rings. The molecular formula is C15H18O5. The highest BCUT2D eigenvalue weighted by Gasteiger charge is 2.54. The van der Waals surface area contributed by atoms with Gasteiger partial charge in [0.2, 0.25) is 0 Å². The van der Waals surface area contributed by atoms with Crippen molar-refractivity contribution in [3.63, 3.8) is 0 Å². The average Bonchev–Trinajstić information content (AvgIpc) is 2.96. The van der Waals surface area contributed by atoms with Crippen LogP contribution < -0.4 is 0 Å². The van der Waals surface area contributed by atoms with Crippen molar-refractivity contribution in [2.75, 3.05) is 14.2 Å². The number of hydrogen-bond donors (Lipinski definition) is 0. The second kappa shape index (κ2) is 5.52. The molecule has 2 saturated heterocycles. The van der Waals surface area contributed by atoms with E-state index in [0.717, 1.165) is 5.56 Å². The summed E-state index contributed by atoms with van der Waals surface area (Å²) in [5, 5.41) is 0. The molecule has 2 aliphatic heterocycles. The summed E-state index contributed by atoms with van der Waals surface area (Å²) in [4.78, 5) is 11.3. The summed E-state index contributed by atoms with van der Waals surface area (Å²) in [6.07, 6.45) is -1.12. The number of ether oxygens (including phenoxy) is 4. The van der Waals surface area contributed by atoms with Crippen molar-refractivity contribution >= 4 is 5.97 Å². The lowest BCUT2D eigenvalue weighted by Gasteiger charge is -2.27. The zero-order valence-electron chi connectivity index (χ0n) is 11.5. The van der Waals surface area contributed by atoms with E-state index in [-0.39, 0.29) is 42.9 Å². The van der Waals surface area contributed by atoms with Crippen LogP contribution in [0.3, 0.4) is 0 Å². The Hall–Kier alpha value is -1.43. The van der Waals surface area contributed by atoms with Crippen molar-refractivity contribution in [3.05, 3.63) is 35.9 Å². The van der Waals surface area contributed by atoms with Crippen LogP contribution in [0.1, 0.15) is 18.1 Å². The second-order valence-corrected chi connectivity index (χ2v) is 5.07. The predicted molar refractivity (Wildman–Crippen MR) is 70.1 cm³/mol. The third-order valence-electron chi connectivity index (χ3n) is 3.93. The molecule has 0 saturated carbocycles. The van der Waals surface area contributed by atoms with Crippen LogP contribution in [0.15, 0.2) is 30.3 Å². The van der Waals surface area contributed by atoms with E-state index in [1.165, 1.54) is 0 Å². The van der Waals surface area contributed by atoms with E-state index in [9.17, 15) is 4.79 Å². The molecule has 0 amide bonds. The van der Waals surface area contributed by atoms with Gasteiger partial charge < -0.3 is 18.9 Å². The van der Waals surface area contributed by atoms with Gasteiger partial charge in [-0.15, -0.1) is 0 Å². The number of fused-ring (bicyclic) bond motifs is 1. The molecule has 0 bridgehead atoms. The second-order valence-electron chi connectivity index (χ2n) is 5.07. The molecule has 0 spiro atoms. The van der Waals surface area contributed by atoms with Gasteiger partial charge in [0.05, 0.1) is 6.42 Å². The normalized spacial score (nSPS) is 33.8. The minimum Gasteiger partial charge on any atom is -0.457 e. The third-order valence-corrected chi connectivity index (χ3v) is 3.93. The molecule has 20 heavy (non-hydrogen) atoms. The smallest absolute Gasteiger partial charge is 0.309 e. The summed E-state index contributed by atoms with van der Waals surface area (Å²) < 4.78 is 22.4. The van der Waals surface area contributed by atoms with E-state index in [4.69, 9.17) is 18.9 Å². The number of hydrogen-bond acceptors (Lipinski definition) is 5. The van der Waals surface area contributed by atoms with Crippen molar-refractivity contribution in [1.82, 2.24) is 0 Å². The van der Waals surface area contributed by atoms with Gasteiger partial charge in [0.25, 0.3) is 0 Å². The summed E-state index contributed by atoms with van der Waals surface area (Å²) >= 11 is 0. The number of rotatable bonds is 4. The van der Waals surface area contributed by atoms with E-state index >= 15 is 0 Å². The molecule has 1 aromatic rings. The Bertz CT molecular complexity index is 474. The number of methoxy groups -OCH3 is 2. The maximum absolute atomic E-state index is 11.3. The first-order valence-corrected chi connectivity index (χ1v) is 6.70. The lowest BCUT2D eigenvalue weighted by Crippen LogP contribution is -2.38. The van der Waals surface area contributed by atoms with Crippen LogP contribution in [0.4, 0.5) is 0 Å². The van der Waals surface area contributed by atoms with Crippen LogP contribution in [0.2, 0.25) is 0 Å². The van der Waals surface area contributed by atoms with Crippen LogP contribution in [-0.2, 0) is 23.7 Å². The maximum atomic E-state index is 11.3. The number of benzene rings is 1. The monoisotopic (exact) mass is 278 g/mol. The fourth-order valence-electron chi connectivity index (χ4n) is 3.04. The molecule has 108 valence electrons. The van der Waals surface area contributed by atoms with Gasteiger partial charge in [0.15, 0.2) is 6.10 Å². The molecular weight excluding hydrogens is 260 g/mol. The van der Waals surface area contributed by atoms with Crippen molar-refractivity contribution in [1.29, 1.82) is 0 Å². The molecule has 0 N–H and O–H groups in total. The van der Waals surface area contributed by atoms with Gasteiger partial charge in [-0.1, -0.05) is 30.3 Å². The van der Waals surface area contributed by atoms with Crippen LogP contribution in [0.5, 0.6) is 0 Å². The number of carbonyl (C=O) groups is 1.